The molecular formula is C22H34ClNO2. The standard InChI is InChI=1S/C22H34ClNO2/c1-3-4-7-18-8-10-19(11-9-18)22(25)24(2)16-5-6-17-26-21-14-12-20(23)13-15-21/h12-15,18-19H,3-11,16-17H2,1-2H3. The van der Waals surface area contributed by atoms with Crippen LogP contribution in [0, 0.1) is 11.8 Å². The molecule has 1 fully saturated rings. The van der Waals surface area contributed by atoms with E-state index in [2.05, 4.69) is 6.92 Å². The maximum absolute atomic E-state index is 12.6. The summed E-state index contributed by atoms with van der Waals surface area (Å²) in [5, 5.41) is 0.719. The summed E-state index contributed by atoms with van der Waals surface area (Å²) in [6, 6.07) is 7.43. The summed E-state index contributed by atoms with van der Waals surface area (Å²) >= 11 is 5.86. The number of rotatable bonds is 10. The first-order valence-electron chi connectivity index (χ1n) is 10.2. The minimum Gasteiger partial charge on any atom is -0.494 e. The van der Waals surface area contributed by atoms with E-state index in [9.17, 15) is 4.79 Å². The van der Waals surface area contributed by atoms with Crippen molar-refractivity contribution < 1.29 is 9.53 Å². The smallest absolute Gasteiger partial charge is 0.225 e. The number of ether oxygens (including phenoxy) is 1. The monoisotopic (exact) mass is 379 g/mol. The van der Waals surface area contributed by atoms with Crippen molar-refractivity contribution in [2.24, 2.45) is 11.8 Å². The lowest BCUT2D eigenvalue weighted by molar-refractivity contribution is -0.135. The van der Waals surface area contributed by atoms with E-state index in [0.29, 0.717) is 12.5 Å². The molecule has 0 unspecified atom stereocenters. The van der Waals surface area contributed by atoms with Crippen LogP contribution >= 0.6 is 11.6 Å². The quantitative estimate of drug-likeness (QED) is 0.470. The van der Waals surface area contributed by atoms with Gasteiger partial charge in [0.1, 0.15) is 5.75 Å². The zero-order chi connectivity index (χ0) is 18.8. The third-order valence-electron chi connectivity index (χ3n) is 5.51. The molecule has 0 spiro atoms. The Morgan fingerprint density at radius 1 is 1.12 bits per heavy atom. The van der Waals surface area contributed by atoms with Gasteiger partial charge in [-0.3, -0.25) is 4.79 Å². The second kappa shape index (κ2) is 11.5. The third-order valence-corrected chi connectivity index (χ3v) is 5.76. The maximum atomic E-state index is 12.6. The first kappa shape index (κ1) is 21.1. The molecule has 0 heterocycles. The predicted molar refractivity (Wildman–Crippen MR) is 109 cm³/mol. The summed E-state index contributed by atoms with van der Waals surface area (Å²) in [6.45, 7) is 3.75. The Balaban J connectivity index is 1.58. The number of hydrogen-bond acceptors (Lipinski definition) is 2. The van der Waals surface area contributed by atoms with Gasteiger partial charge in [-0.1, -0.05) is 37.8 Å². The Bertz CT molecular complexity index is 523. The zero-order valence-corrected chi connectivity index (χ0v) is 17.1. The number of nitrogens with zero attached hydrogens (tertiary/aromatic N) is 1. The van der Waals surface area contributed by atoms with Gasteiger partial charge in [0.15, 0.2) is 0 Å². The lowest BCUT2D eigenvalue weighted by Gasteiger charge is -2.30. The fraction of sp³-hybridized carbons (Fsp3) is 0.682. The van der Waals surface area contributed by atoms with Crippen molar-refractivity contribution in [3.8, 4) is 5.75 Å². The molecule has 0 atom stereocenters. The van der Waals surface area contributed by atoms with Crippen LogP contribution in [0.4, 0.5) is 0 Å². The van der Waals surface area contributed by atoms with Crippen LogP contribution in [0.15, 0.2) is 24.3 Å². The molecule has 0 aromatic heterocycles. The first-order valence-corrected chi connectivity index (χ1v) is 10.6. The van der Waals surface area contributed by atoms with Gasteiger partial charge in [0.25, 0.3) is 0 Å². The Kier molecular flexibility index (Phi) is 9.31. The van der Waals surface area contributed by atoms with Gasteiger partial charge in [0.05, 0.1) is 6.61 Å². The van der Waals surface area contributed by atoms with Crippen LogP contribution in [0.1, 0.15) is 64.7 Å². The number of amides is 1. The molecule has 1 saturated carbocycles. The number of carbonyl (C=O) groups excluding carboxylic acids is 1. The number of benzene rings is 1. The number of unbranched alkanes of at least 4 members (excludes halogenated alkanes) is 2. The average Bonchev–Trinajstić information content (AvgIpc) is 2.67. The lowest BCUT2D eigenvalue weighted by atomic mass is 9.79. The van der Waals surface area contributed by atoms with Crippen LogP contribution in [0.3, 0.4) is 0 Å². The summed E-state index contributed by atoms with van der Waals surface area (Å²) in [5.41, 5.74) is 0. The normalized spacial score (nSPS) is 20.0. The van der Waals surface area contributed by atoms with Crippen molar-refractivity contribution in [1.82, 2.24) is 4.90 Å². The highest BCUT2D eigenvalue weighted by atomic mass is 35.5. The largest absolute Gasteiger partial charge is 0.494 e. The highest BCUT2D eigenvalue weighted by Crippen LogP contribution is 2.32. The van der Waals surface area contributed by atoms with Gasteiger partial charge in [-0.05, 0) is 68.7 Å². The first-order chi connectivity index (χ1) is 12.6. The maximum Gasteiger partial charge on any atom is 0.225 e. The van der Waals surface area contributed by atoms with E-state index in [4.69, 9.17) is 16.3 Å². The van der Waals surface area contributed by atoms with Gasteiger partial charge < -0.3 is 9.64 Å². The van der Waals surface area contributed by atoms with Crippen molar-refractivity contribution in [2.75, 3.05) is 20.2 Å². The van der Waals surface area contributed by atoms with E-state index in [1.54, 1.807) is 0 Å². The molecule has 146 valence electrons. The molecule has 1 aliphatic carbocycles. The van der Waals surface area contributed by atoms with Gasteiger partial charge in [0, 0.05) is 24.5 Å². The van der Waals surface area contributed by atoms with Crippen LogP contribution in [0.2, 0.25) is 5.02 Å². The SMILES string of the molecule is CCCCC1CCC(C(=O)N(C)CCCCOc2ccc(Cl)cc2)CC1. The van der Waals surface area contributed by atoms with E-state index in [-0.39, 0.29) is 5.92 Å². The van der Waals surface area contributed by atoms with Crippen LogP contribution in [-0.2, 0) is 4.79 Å². The van der Waals surface area contributed by atoms with E-state index < -0.39 is 0 Å². The van der Waals surface area contributed by atoms with Crippen LogP contribution in [-0.4, -0.2) is 31.0 Å². The Labute approximate surface area is 164 Å². The third kappa shape index (κ3) is 7.19. The van der Waals surface area contributed by atoms with Crippen LogP contribution in [0.5, 0.6) is 5.75 Å². The topological polar surface area (TPSA) is 29.5 Å². The van der Waals surface area contributed by atoms with Crippen molar-refractivity contribution in [3.05, 3.63) is 29.3 Å². The molecule has 0 N–H and O–H groups in total. The molecule has 1 aromatic rings. The molecule has 1 aliphatic rings. The molecule has 2 rings (SSSR count). The molecule has 3 nitrogen and oxygen atoms in total. The van der Waals surface area contributed by atoms with Crippen LogP contribution in [0.25, 0.3) is 0 Å². The van der Waals surface area contributed by atoms with E-state index in [0.717, 1.165) is 48.9 Å². The predicted octanol–water partition coefficient (Wildman–Crippen LogP) is 5.95. The van der Waals surface area contributed by atoms with Crippen molar-refractivity contribution >= 4 is 17.5 Å². The van der Waals surface area contributed by atoms with E-state index >= 15 is 0 Å². The minimum absolute atomic E-state index is 0.253. The molecule has 0 saturated heterocycles. The summed E-state index contributed by atoms with van der Waals surface area (Å²) in [4.78, 5) is 14.5. The molecule has 26 heavy (non-hydrogen) atoms. The molecular weight excluding hydrogens is 346 g/mol. The number of carbonyl (C=O) groups is 1. The highest BCUT2D eigenvalue weighted by Gasteiger charge is 2.27. The fourth-order valence-corrected chi connectivity index (χ4v) is 3.91. The van der Waals surface area contributed by atoms with Gasteiger partial charge in [-0.15, -0.1) is 0 Å². The van der Waals surface area contributed by atoms with Crippen LogP contribution < -0.4 is 4.74 Å². The molecule has 0 aliphatic heterocycles. The van der Waals surface area contributed by atoms with E-state index in [1.165, 1.54) is 32.1 Å². The second-order valence-corrected chi connectivity index (χ2v) is 8.07. The minimum atomic E-state index is 0.253. The highest BCUT2D eigenvalue weighted by molar-refractivity contribution is 6.30. The molecule has 4 heteroatoms. The van der Waals surface area contributed by atoms with Gasteiger partial charge in [-0.2, -0.15) is 0 Å². The zero-order valence-electron chi connectivity index (χ0n) is 16.4. The number of halogens is 1. The van der Waals surface area contributed by atoms with Crippen molar-refractivity contribution in [1.29, 1.82) is 0 Å². The summed E-state index contributed by atoms with van der Waals surface area (Å²) in [6.07, 6.45) is 10.5. The van der Waals surface area contributed by atoms with E-state index in [1.807, 2.05) is 36.2 Å². The Morgan fingerprint density at radius 3 is 2.46 bits per heavy atom. The molecule has 1 amide bonds. The summed E-state index contributed by atoms with van der Waals surface area (Å²) in [7, 11) is 1.95. The van der Waals surface area contributed by atoms with Crippen molar-refractivity contribution in [3.63, 3.8) is 0 Å². The van der Waals surface area contributed by atoms with Gasteiger partial charge in [-0.25, -0.2) is 0 Å². The summed E-state index contributed by atoms with van der Waals surface area (Å²) < 4.78 is 5.70. The van der Waals surface area contributed by atoms with Gasteiger partial charge >= 0.3 is 0 Å². The Hall–Kier alpha value is -1.22. The summed E-state index contributed by atoms with van der Waals surface area (Å²) in [5.74, 6) is 2.30. The molecule has 0 bridgehead atoms. The van der Waals surface area contributed by atoms with Gasteiger partial charge in [0.2, 0.25) is 5.91 Å². The molecule has 0 radical (unpaired) electrons. The lowest BCUT2D eigenvalue weighted by Crippen LogP contribution is -2.35. The van der Waals surface area contributed by atoms with Crippen molar-refractivity contribution in [2.45, 2.75) is 64.7 Å². The average molecular weight is 380 g/mol. The second-order valence-electron chi connectivity index (χ2n) is 7.63. The number of hydrogen-bond donors (Lipinski definition) is 0. The Morgan fingerprint density at radius 2 is 1.81 bits per heavy atom. The fourth-order valence-electron chi connectivity index (χ4n) is 3.78. The molecule has 1 aromatic carbocycles.